The Labute approximate surface area is 192 Å². The topological polar surface area (TPSA) is 78.9 Å². The molecule has 0 radical (unpaired) electrons. The summed E-state index contributed by atoms with van der Waals surface area (Å²) in [5.41, 5.74) is 5.69. The molecule has 168 valence electrons. The number of anilines is 1. The summed E-state index contributed by atoms with van der Waals surface area (Å²) in [5, 5.41) is 12.4. The van der Waals surface area contributed by atoms with Crippen LogP contribution in [0.5, 0.6) is 0 Å². The van der Waals surface area contributed by atoms with Gasteiger partial charge in [-0.1, -0.05) is 54.6 Å². The minimum absolute atomic E-state index is 0.00878. The van der Waals surface area contributed by atoms with Gasteiger partial charge in [0.05, 0.1) is 6.10 Å². The zero-order valence-electron chi connectivity index (χ0n) is 18.2. The lowest BCUT2D eigenvalue weighted by Gasteiger charge is -2.29. The third-order valence-electron chi connectivity index (χ3n) is 6.45. The van der Waals surface area contributed by atoms with Crippen molar-refractivity contribution in [1.29, 1.82) is 0 Å². The van der Waals surface area contributed by atoms with E-state index in [0.717, 1.165) is 11.1 Å². The van der Waals surface area contributed by atoms with Gasteiger partial charge in [0.2, 0.25) is 0 Å². The van der Waals surface area contributed by atoms with Crippen LogP contribution in [-0.2, 0) is 4.74 Å². The summed E-state index contributed by atoms with van der Waals surface area (Å²) < 4.78 is 5.60. The number of nitrogens with zero attached hydrogens (tertiary/aromatic N) is 1. The van der Waals surface area contributed by atoms with Crippen molar-refractivity contribution in [2.75, 3.05) is 25.0 Å². The molecular formula is C27H26N2O4. The highest BCUT2D eigenvalue weighted by atomic mass is 16.5. The Balaban J connectivity index is 1.23. The third-order valence-corrected chi connectivity index (χ3v) is 6.45. The molecule has 6 heteroatoms. The van der Waals surface area contributed by atoms with Crippen LogP contribution >= 0.6 is 0 Å². The smallest absolute Gasteiger partial charge is 0.411 e. The first-order valence-electron chi connectivity index (χ1n) is 11.3. The standard InChI is InChI=1S/C27H26N2O4/c30-20-12-14-29(15-13-20)26(31)18-6-5-7-19(16-18)28-27(32)33-17-25-23-10-3-1-8-21(23)22-9-2-4-11-24(22)25/h1-11,16,20,25,30H,12-15,17H2,(H,28,32). The molecule has 3 aromatic rings. The second kappa shape index (κ2) is 9.08. The Morgan fingerprint density at radius 3 is 2.21 bits per heavy atom. The third kappa shape index (κ3) is 4.34. The molecule has 0 aromatic heterocycles. The van der Waals surface area contributed by atoms with Crippen molar-refractivity contribution in [2.24, 2.45) is 0 Å². The van der Waals surface area contributed by atoms with Crippen molar-refractivity contribution in [1.82, 2.24) is 4.90 Å². The highest BCUT2D eigenvalue weighted by Crippen LogP contribution is 2.44. The van der Waals surface area contributed by atoms with E-state index < -0.39 is 6.09 Å². The average molecular weight is 443 g/mol. The molecule has 1 fully saturated rings. The van der Waals surface area contributed by atoms with E-state index in [2.05, 4.69) is 29.6 Å². The second-order valence-electron chi connectivity index (χ2n) is 8.55. The maximum atomic E-state index is 12.8. The van der Waals surface area contributed by atoms with Gasteiger partial charge in [-0.2, -0.15) is 0 Å². The Kier molecular flexibility index (Phi) is 5.84. The summed E-state index contributed by atoms with van der Waals surface area (Å²) in [6.45, 7) is 1.29. The Morgan fingerprint density at radius 2 is 1.55 bits per heavy atom. The van der Waals surface area contributed by atoms with Crippen molar-refractivity contribution in [3.63, 3.8) is 0 Å². The fourth-order valence-corrected chi connectivity index (χ4v) is 4.73. The minimum Gasteiger partial charge on any atom is -0.448 e. The molecule has 0 unspecified atom stereocenters. The van der Waals surface area contributed by atoms with Gasteiger partial charge < -0.3 is 14.7 Å². The number of nitrogens with one attached hydrogen (secondary N) is 1. The van der Waals surface area contributed by atoms with E-state index >= 15 is 0 Å². The number of fused-ring (bicyclic) bond motifs is 3. The van der Waals surface area contributed by atoms with Crippen molar-refractivity contribution in [2.45, 2.75) is 24.9 Å². The maximum Gasteiger partial charge on any atom is 0.411 e. The lowest BCUT2D eigenvalue weighted by Crippen LogP contribution is -2.40. The van der Waals surface area contributed by atoms with Crippen LogP contribution in [0.2, 0.25) is 0 Å². The molecule has 1 heterocycles. The molecule has 6 nitrogen and oxygen atoms in total. The molecule has 1 aliphatic heterocycles. The Hall–Kier alpha value is -3.64. The molecule has 2 aliphatic rings. The van der Waals surface area contributed by atoms with Crippen molar-refractivity contribution >= 4 is 17.7 Å². The molecule has 33 heavy (non-hydrogen) atoms. The van der Waals surface area contributed by atoms with E-state index in [1.165, 1.54) is 11.1 Å². The van der Waals surface area contributed by atoms with Crippen LogP contribution in [0.1, 0.15) is 40.2 Å². The van der Waals surface area contributed by atoms with Gasteiger partial charge in [0.15, 0.2) is 0 Å². The Morgan fingerprint density at radius 1 is 0.909 bits per heavy atom. The summed E-state index contributed by atoms with van der Waals surface area (Å²) in [5.74, 6) is -0.108. The summed E-state index contributed by atoms with van der Waals surface area (Å²) in [6, 6.07) is 23.3. The molecule has 2 amide bonds. The number of piperidine rings is 1. The van der Waals surface area contributed by atoms with E-state index in [-0.39, 0.29) is 24.5 Å². The van der Waals surface area contributed by atoms with Crippen LogP contribution in [0.3, 0.4) is 0 Å². The highest BCUT2D eigenvalue weighted by molar-refractivity contribution is 5.96. The molecule has 1 aliphatic carbocycles. The largest absolute Gasteiger partial charge is 0.448 e. The lowest BCUT2D eigenvalue weighted by atomic mass is 9.98. The fourth-order valence-electron chi connectivity index (χ4n) is 4.73. The zero-order valence-corrected chi connectivity index (χ0v) is 18.2. The van der Waals surface area contributed by atoms with E-state index in [9.17, 15) is 14.7 Å². The first kappa shape index (κ1) is 21.2. The van der Waals surface area contributed by atoms with E-state index in [1.807, 2.05) is 24.3 Å². The summed E-state index contributed by atoms with van der Waals surface area (Å²) >= 11 is 0. The number of aliphatic hydroxyl groups excluding tert-OH is 1. The quantitative estimate of drug-likeness (QED) is 0.617. The molecule has 0 spiro atoms. The highest BCUT2D eigenvalue weighted by Gasteiger charge is 2.29. The van der Waals surface area contributed by atoms with Crippen LogP contribution in [0.4, 0.5) is 10.5 Å². The number of amides is 2. The summed E-state index contributed by atoms with van der Waals surface area (Å²) in [6.07, 6.45) is 0.283. The maximum absolute atomic E-state index is 12.8. The van der Waals surface area contributed by atoms with Gasteiger partial charge in [-0.25, -0.2) is 4.79 Å². The van der Waals surface area contributed by atoms with Crippen molar-refractivity contribution in [3.05, 3.63) is 89.5 Å². The number of carbonyl (C=O) groups excluding carboxylic acids is 2. The van der Waals surface area contributed by atoms with Gasteiger partial charge >= 0.3 is 6.09 Å². The van der Waals surface area contributed by atoms with Crippen LogP contribution in [-0.4, -0.2) is 47.8 Å². The van der Waals surface area contributed by atoms with Crippen LogP contribution < -0.4 is 5.32 Å². The van der Waals surface area contributed by atoms with E-state index in [4.69, 9.17) is 4.74 Å². The summed E-state index contributed by atoms with van der Waals surface area (Å²) in [7, 11) is 0. The number of rotatable bonds is 4. The van der Waals surface area contributed by atoms with Gasteiger partial charge in [0.25, 0.3) is 5.91 Å². The van der Waals surface area contributed by atoms with Gasteiger partial charge in [0.1, 0.15) is 6.61 Å². The SMILES string of the molecule is O=C(Nc1cccc(C(=O)N2CCC(O)CC2)c1)OCC1c2ccccc2-c2ccccc21. The molecule has 3 aromatic carbocycles. The fraction of sp³-hybridized carbons (Fsp3) is 0.259. The molecule has 2 N–H and O–H groups in total. The van der Waals surface area contributed by atoms with E-state index in [1.54, 1.807) is 29.2 Å². The monoisotopic (exact) mass is 442 g/mol. The van der Waals surface area contributed by atoms with Crippen LogP contribution in [0, 0.1) is 0 Å². The minimum atomic E-state index is -0.553. The first-order valence-corrected chi connectivity index (χ1v) is 11.3. The predicted molar refractivity (Wildman–Crippen MR) is 126 cm³/mol. The first-order chi connectivity index (χ1) is 16.1. The van der Waals surface area contributed by atoms with Gasteiger partial charge in [-0.15, -0.1) is 0 Å². The lowest BCUT2D eigenvalue weighted by molar-refractivity contribution is 0.0546. The molecular weight excluding hydrogens is 416 g/mol. The van der Waals surface area contributed by atoms with Gasteiger partial charge in [-0.05, 0) is 53.3 Å². The van der Waals surface area contributed by atoms with E-state index in [0.29, 0.717) is 37.2 Å². The van der Waals surface area contributed by atoms with Crippen molar-refractivity contribution < 1.29 is 19.4 Å². The molecule has 0 bridgehead atoms. The number of carbonyl (C=O) groups is 2. The zero-order chi connectivity index (χ0) is 22.8. The van der Waals surface area contributed by atoms with Gasteiger partial charge in [-0.3, -0.25) is 10.1 Å². The normalized spacial score (nSPS) is 15.6. The van der Waals surface area contributed by atoms with Crippen LogP contribution in [0.15, 0.2) is 72.8 Å². The summed E-state index contributed by atoms with van der Waals surface area (Å²) in [4.78, 5) is 27.1. The molecule has 0 atom stereocenters. The number of hydrogen-bond acceptors (Lipinski definition) is 4. The Bertz CT molecular complexity index is 1140. The average Bonchev–Trinajstić information content (AvgIpc) is 3.17. The predicted octanol–water partition coefficient (Wildman–Crippen LogP) is 4.64. The molecule has 5 rings (SSSR count). The number of likely N-dealkylation sites (tertiary alicyclic amines) is 1. The molecule has 0 saturated carbocycles. The number of hydrogen-bond donors (Lipinski definition) is 2. The number of benzene rings is 3. The van der Waals surface area contributed by atoms with Gasteiger partial charge in [0, 0.05) is 30.3 Å². The second-order valence-corrected chi connectivity index (χ2v) is 8.55. The number of aliphatic hydroxyl groups is 1. The van der Waals surface area contributed by atoms with Crippen molar-refractivity contribution in [3.8, 4) is 11.1 Å². The number of ether oxygens (including phenoxy) is 1. The van der Waals surface area contributed by atoms with Crippen LogP contribution in [0.25, 0.3) is 11.1 Å². The molecule has 1 saturated heterocycles.